The quantitative estimate of drug-likeness (QED) is 0.175. The number of carbonyl (C=O) groups excluding carboxylic acids is 1. The molecule has 5 N–H and O–H groups in total. The van der Waals surface area contributed by atoms with E-state index >= 15 is 0 Å². The summed E-state index contributed by atoms with van der Waals surface area (Å²) in [5.41, 5.74) is 8.38. The minimum Gasteiger partial charge on any atom is -0.484 e. The number of benzene rings is 1. The molecule has 0 radical (unpaired) electrons. The molecule has 0 aliphatic carbocycles. The maximum absolute atomic E-state index is 12.4. The third-order valence-corrected chi connectivity index (χ3v) is 8.55. The summed E-state index contributed by atoms with van der Waals surface area (Å²) in [5.74, 6) is -2.21. The molecule has 210 valence electrons. The number of nitrogen functional groups attached to an aromatic ring is 1. The molecule has 39 heavy (non-hydrogen) atoms. The summed E-state index contributed by atoms with van der Waals surface area (Å²) >= 11 is 4.66. The Morgan fingerprint density at radius 3 is 2.67 bits per heavy atom. The number of nitrogens with two attached hydrogens (primary N) is 1. The zero-order valence-electron chi connectivity index (χ0n) is 20.5. The molecular formula is C24H25F3N4O5S3. The number of thiophene rings is 1. The smallest absolute Gasteiger partial charge is 0.484 e. The van der Waals surface area contributed by atoms with E-state index in [1.54, 1.807) is 28.0 Å². The van der Waals surface area contributed by atoms with Crippen LogP contribution in [0.5, 0.6) is 5.75 Å². The van der Waals surface area contributed by atoms with E-state index in [1.165, 1.54) is 11.3 Å². The van der Waals surface area contributed by atoms with Gasteiger partial charge in [-0.3, -0.25) is 10.2 Å². The van der Waals surface area contributed by atoms with E-state index in [2.05, 4.69) is 0 Å². The summed E-state index contributed by atoms with van der Waals surface area (Å²) < 4.78 is 38.6. The molecule has 4 rings (SSSR count). The van der Waals surface area contributed by atoms with Crippen molar-refractivity contribution in [1.29, 1.82) is 5.41 Å². The largest absolute Gasteiger partial charge is 0.490 e. The number of β-amino-alcohol motifs (C(OH)–C–C–N with tert-alkyl or cyclic N) is 1. The van der Waals surface area contributed by atoms with Crippen LogP contribution in [0.2, 0.25) is 0 Å². The number of hydrogen-bond donors (Lipinski definition) is 4. The van der Waals surface area contributed by atoms with Crippen LogP contribution in [0.1, 0.15) is 17.7 Å². The first-order valence-corrected chi connectivity index (χ1v) is 14.3. The van der Waals surface area contributed by atoms with Gasteiger partial charge in [0.1, 0.15) is 16.6 Å². The van der Waals surface area contributed by atoms with Gasteiger partial charge in [0.25, 0.3) is 5.91 Å². The maximum atomic E-state index is 12.4. The number of halogens is 3. The molecule has 3 heterocycles. The van der Waals surface area contributed by atoms with Crippen molar-refractivity contribution in [2.45, 2.75) is 29.3 Å². The third kappa shape index (κ3) is 8.42. The summed E-state index contributed by atoms with van der Waals surface area (Å²) in [6.07, 6.45) is -1.98. The summed E-state index contributed by atoms with van der Waals surface area (Å²) in [4.78, 5) is 28.5. The first kappa shape index (κ1) is 30.4. The SMILES string of the molecule is CSc1sc(C(=N)N)cc1-c1nc(-c2cccc(OCC(=O)N3CCC[C@@H](O)C3)c2)cs1.O=C(O)C(F)(F)F. The van der Waals surface area contributed by atoms with Gasteiger partial charge in [0.2, 0.25) is 0 Å². The molecule has 1 amide bonds. The Morgan fingerprint density at radius 2 is 2.05 bits per heavy atom. The van der Waals surface area contributed by atoms with Crippen LogP contribution < -0.4 is 10.5 Å². The molecule has 1 fully saturated rings. The number of aromatic nitrogens is 1. The number of amidine groups is 1. The Kier molecular flexibility index (Phi) is 10.4. The highest BCUT2D eigenvalue weighted by Gasteiger charge is 2.38. The molecule has 1 atom stereocenters. The van der Waals surface area contributed by atoms with Crippen molar-refractivity contribution in [3.05, 3.63) is 40.6 Å². The number of aliphatic hydroxyl groups excluding tert-OH is 1. The topological polar surface area (TPSA) is 150 Å². The molecule has 1 aliphatic heterocycles. The van der Waals surface area contributed by atoms with Gasteiger partial charge in [-0.15, -0.1) is 34.4 Å². The molecule has 0 unspecified atom stereocenters. The van der Waals surface area contributed by atoms with E-state index in [-0.39, 0.29) is 18.3 Å². The fraction of sp³-hybridized carbons (Fsp3) is 0.333. The lowest BCUT2D eigenvalue weighted by molar-refractivity contribution is -0.192. The van der Waals surface area contributed by atoms with Gasteiger partial charge in [0, 0.05) is 29.6 Å². The highest BCUT2D eigenvalue weighted by Crippen LogP contribution is 2.40. The molecule has 1 aromatic carbocycles. The van der Waals surface area contributed by atoms with Crippen molar-refractivity contribution in [3.63, 3.8) is 0 Å². The first-order valence-electron chi connectivity index (χ1n) is 11.4. The zero-order valence-corrected chi connectivity index (χ0v) is 23.0. The molecule has 2 aromatic heterocycles. The maximum Gasteiger partial charge on any atom is 0.490 e. The van der Waals surface area contributed by atoms with Gasteiger partial charge < -0.3 is 25.6 Å². The van der Waals surface area contributed by atoms with Crippen LogP contribution in [0.25, 0.3) is 21.8 Å². The number of aliphatic hydroxyl groups is 1. The number of nitrogens with one attached hydrogen (secondary N) is 1. The molecule has 0 spiro atoms. The number of thiazole rings is 1. The van der Waals surface area contributed by atoms with Gasteiger partial charge >= 0.3 is 12.1 Å². The van der Waals surface area contributed by atoms with Crippen LogP contribution in [0, 0.1) is 5.41 Å². The van der Waals surface area contributed by atoms with Gasteiger partial charge in [0.15, 0.2) is 6.61 Å². The number of piperidine rings is 1. The van der Waals surface area contributed by atoms with Crippen LogP contribution in [0.4, 0.5) is 13.2 Å². The molecule has 0 saturated carbocycles. The van der Waals surface area contributed by atoms with Gasteiger partial charge in [0.05, 0.1) is 20.9 Å². The van der Waals surface area contributed by atoms with Crippen LogP contribution >= 0.6 is 34.4 Å². The highest BCUT2D eigenvalue weighted by atomic mass is 32.2. The molecule has 9 nitrogen and oxygen atoms in total. The Hall–Kier alpha value is -3.14. The summed E-state index contributed by atoms with van der Waals surface area (Å²) in [7, 11) is 0. The van der Waals surface area contributed by atoms with Crippen molar-refractivity contribution in [3.8, 4) is 27.6 Å². The van der Waals surface area contributed by atoms with E-state index in [1.807, 2.05) is 42.0 Å². The number of aliphatic carboxylic acids is 1. The molecule has 1 saturated heterocycles. The van der Waals surface area contributed by atoms with Crippen LogP contribution in [0.15, 0.2) is 39.9 Å². The van der Waals surface area contributed by atoms with Crippen LogP contribution in [-0.4, -0.2) is 76.0 Å². The highest BCUT2D eigenvalue weighted by molar-refractivity contribution is 8.00. The molecule has 15 heteroatoms. The lowest BCUT2D eigenvalue weighted by Gasteiger charge is -2.30. The van der Waals surface area contributed by atoms with E-state index in [9.17, 15) is 23.1 Å². The Labute approximate surface area is 233 Å². The number of likely N-dealkylation sites (tertiary alicyclic amines) is 1. The monoisotopic (exact) mass is 602 g/mol. The molecule has 1 aliphatic rings. The van der Waals surface area contributed by atoms with E-state index < -0.39 is 18.2 Å². The fourth-order valence-corrected chi connectivity index (χ4v) is 6.21. The fourth-order valence-electron chi connectivity index (χ4n) is 3.50. The number of carboxylic acids is 1. The lowest BCUT2D eigenvalue weighted by Crippen LogP contribution is -2.44. The Morgan fingerprint density at radius 1 is 1.33 bits per heavy atom. The van der Waals surface area contributed by atoms with Gasteiger partial charge in [-0.25, -0.2) is 9.78 Å². The summed E-state index contributed by atoms with van der Waals surface area (Å²) in [6, 6.07) is 9.45. The van der Waals surface area contributed by atoms with Crippen molar-refractivity contribution in [2.75, 3.05) is 26.0 Å². The zero-order chi connectivity index (χ0) is 28.7. The number of hydrogen-bond acceptors (Lipinski definition) is 9. The number of rotatable bonds is 7. The summed E-state index contributed by atoms with van der Waals surface area (Å²) in [6.45, 7) is 0.973. The summed E-state index contributed by atoms with van der Waals surface area (Å²) in [5, 5.41) is 27.5. The van der Waals surface area contributed by atoms with Crippen LogP contribution in [-0.2, 0) is 9.59 Å². The predicted octanol–water partition coefficient (Wildman–Crippen LogP) is 4.54. The van der Waals surface area contributed by atoms with E-state index in [4.69, 9.17) is 30.8 Å². The number of amides is 1. The number of carbonyl (C=O) groups is 2. The molecular weight excluding hydrogens is 577 g/mol. The van der Waals surface area contributed by atoms with Crippen LogP contribution in [0.3, 0.4) is 0 Å². The van der Waals surface area contributed by atoms with Gasteiger partial charge in [-0.2, -0.15) is 13.2 Å². The first-order chi connectivity index (χ1) is 18.4. The van der Waals surface area contributed by atoms with Crippen molar-refractivity contribution >= 4 is 52.1 Å². The normalized spacial score (nSPS) is 15.3. The number of carboxylic acid groups (broad SMARTS) is 1. The second kappa shape index (κ2) is 13.3. The minimum atomic E-state index is -5.08. The second-order valence-corrected chi connectivity index (χ2v) is 11.2. The second-order valence-electron chi connectivity index (χ2n) is 8.22. The minimum absolute atomic E-state index is 0.0572. The van der Waals surface area contributed by atoms with Crippen molar-refractivity contribution in [1.82, 2.24) is 9.88 Å². The predicted molar refractivity (Wildman–Crippen MR) is 145 cm³/mol. The average molecular weight is 603 g/mol. The van der Waals surface area contributed by atoms with Crippen molar-refractivity contribution in [2.24, 2.45) is 5.73 Å². The lowest BCUT2D eigenvalue weighted by atomic mass is 10.1. The average Bonchev–Trinajstić information content (AvgIpc) is 3.55. The number of nitrogens with zero attached hydrogens (tertiary/aromatic N) is 2. The van der Waals surface area contributed by atoms with E-state index in [0.717, 1.165) is 43.8 Å². The Bertz CT molecular complexity index is 1330. The van der Waals surface area contributed by atoms with Crippen molar-refractivity contribution < 1.29 is 37.7 Å². The molecule has 0 bridgehead atoms. The number of alkyl halides is 3. The third-order valence-electron chi connectivity index (χ3n) is 5.37. The van der Waals surface area contributed by atoms with Gasteiger partial charge in [-0.05, 0) is 37.3 Å². The van der Waals surface area contributed by atoms with E-state index in [0.29, 0.717) is 18.8 Å². The van der Waals surface area contributed by atoms with Gasteiger partial charge in [-0.1, -0.05) is 12.1 Å². The Balaban J connectivity index is 0.000000532. The number of ether oxygens (including phenoxy) is 1. The number of thioether (sulfide) groups is 1. The standard InChI is InChI=1S/C22H24N4O3S3.C2HF3O2/c1-30-22-16(9-18(32-22)20(23)24)21-25-17(12-31-21)13-4-2-6-15(8-13)29-11-19(28)26-7-3-5-14(27)10-26;3-2(4,5)1(6)7/h2,4,6,8-9,12,14,27H,3,5,7,10-11H2,1H3,(H3,23,24);(H,6,7)/t14-;/m1./s1. The molecule has 3 aromatic rings.